The number of ether oxygens (including phenoxy) is 1. The van der Waals surface area contributed by atoms with Crippen LogP contribution in [0.25, 0.3) is 0 Å². The quantitative estimate of drug-likeness (QED) is 0.880. The fraction of sp³-hybridized carbons (Fsp3) is 0.231. The number of anilines is 1. The molecule has 6 heteroatoms. The van der Waals surface area contributed by atoms with Gasteiger partial charge in [-0.15, -0.1) is 11.3 Å². The van der Waals surface area contributed by atoms with Crippen molar-refractivity contribution in [3.05, 3.63) is 39.8 Å². The Labute approximate surface area is 114 Å². The summed E-state index contributed by atoms with van der Waals surface area (Å²) >= 11 is 1.56. The molecule has 2 aromatic rings. The molecule has 0 aliphatic rings. The van der Waals surface area contributed by atoms with Gasteiger partial charge in [0.1, 0.15) is 10.8 Å². The smallest absolute Gasteiger partial charge is 0.335 e. The van der Waals surface area contributed by atoms with Crippen LogP contribution in [0.5, 0.6) is 5.75 Å². The zero-order chi connectivity index (χ0) is 13.8. The number of hydrogen-bond donors (Lipinski definition) is 2. The van der Waals surface area contributed by atoms with Crippen LogP contribution in [-0.2, 0) is 6.54 Å². The van der Waals surface area contributed by atoms with Gasteiger partial charge in [-0.05, 0) is 25.1 Å². The molecular formula is C13H14N2O3S. The van der Waals surface area contributed by atoms with Gasteiger partial charge in [0.05, 0.1) is 24.9 Å². The second-order valence-electron chi connectivity index (χ2n) is 3.96. The van der Waals surface area contributed by atoms with E-state index in [-0.39, 0.29) is 5.56 Å². The Balaban J connectivity index is 2.17. The maximum absolute atomic E-state index is 11.0. The van der Waals surface area contributed by atoms with Gasteiger partial charge in [-0.3, -0.25) is 0 Å². The van der Waals surface area contributed by atoms with Crippen LogP contribution in [-0.4, -0.2) is 23.2 Å². The van der Waals surface area contributed by atoms with E-state index >= 15 is 0 Å². The largest absolute Gasteiger partial charge is 0.495 e. The highest BCUT2D eigenvalue weighted by molar-refractivity contribution is 7.09. The van der Waals surface area contributed by atoms with E-state index < -0.39 is 5.97 Å². The van der Waals surface area contributed by atoms with Crippen molar-refractivity contribution in [2.45, 2.75) is 13.5 Å². The van der Waals surface area contributed by atoms with Crippen molar-refractivity contribution in [3.8, 4) is 5.75 Å². The Kier molecular flexibility index (Phi) is 4.01. The number of nitrogens with one attached hydrogen (secondary N) is 1. The first kappa shape index (κ1) is 13.4. The lowest BCUT2D eigenvalue weighted by Crippen LogP contribution is -2.04. The maximum Gasteiger partial charge on any atom is 0.335 e. The fourth-order valence-electron chi connectivity index (χ4n) is 1.63. The summed E-state index contributed by atoms with van der Waals surface area (Å²) in [6.07, 6.45) is 0. The first-order valence-corrected chi connectivity index (χ1v) is 6.54. The van der Waals surface area contributed by atoms with Gasteiger partial charge in [0.2, 0.25) is 0 Å². The zero-order valence-corrected chi connectivity index (χ0v) is 11.5. The molecule has 2 rings (SSSR count). The summed E-state index contributed by atoms with van der Waals surface area (Å²) < 4.78 is 5.20. The van der Waals surface area contributed by atoms with Crippen LogP contribution in [0.2, 0.25) is 0 Å². The van der Waals surface area contributed by atoms with Crippen molar-refractivity contribution in [1.82, 2.24) is 4.98 Å². The monoisotopic (exact) mass is 278 g/mol. The van der Waals surface area contributed by atoms with E-state index in [2.05, 4.69) is 10.3 Å². The Morgan fingerprint density at radius 1 is 1.53 bits per heavy atom. The normalized spacial score (nSPS) is 10.2. The summed E-state index contributed by atoms with van der Waals surface area (Å²) in [5.74, 6) is -0.353. The first-order chi connectivity index (χ1) is 9.10. The minimum absolute atomic E-state index is 0.221. The van der Waals surface area contributed by atoms with Crippen LogP contribution in [0, 0.1) is 6.92 Å². The molecule has 0 unspecified atom stereocenters. The number of aryl methyl sites for hydroxylation is 1. The summed E-state index contributed by atoms with van der Waals surface area (Å²) in [5.41, 5.74) is 1.85. The lowest BCUT2D eigenvalue weighted by molar-refractivity contribution is 0.0697. The average Bonchev–Trinajstić information content (AvgIpc) is 2.81. The predicted octanol–water partition coefficient (Wildman–Crippen LogP) is 2.77. The van der Waals surface area contributed by atoms with Gasteiger partial charge in [-0.1, -0.05) is 0 Å². The summed E-state index contributed by atoms with van der Waals surface area (Å²) in [7, 11) is 1.55. The second-order valence-corrected chi connectivity index (χ2v) is 4.90. The van der Waals surface area contributed by atoms with Gasteiger partial charge in [-0.2, -0.15) is 0 Å². The van der Waals surface area contributed by atoms with Gasteiger partial charge in [0.15, 0.2) is 0 Å². The molecular weight excluding hydrogens is 264 g/mol. The topological polar surface area (TPSA) is 71.5 Å². The van der Waals surface area contributed by atoms with Gasteiger partial charge in [0.25, 0.3) is 0 Å². The molecule has 1 heterocycles. The molecule has 2 N–H and O–H groups in total. The van der Waals surface area contributed by atoms with E-state index in [1.54, 1.807) is 30.6 Å². The van der Waals surface area contributed by atoms with Crippen LogP contribution >= 0.6 is 11.3 Å². The Hall–Kier alpha value is -2.08. The minimum atomic E-state index is -0.962. The molecule has 1 aromatic heterocycles. The van der Waals surface area contributed by atoms with Gasteiger partial charge in [-0.25, -0.2) is 9.78 Å². The minimum Gasteiger partial charge on any atom is -0.495 e. The number of thiazole rings is 1. The third kappa shape index (κ3) is 3.23. The number of carboxylic acid groups (broad SMARTS) is 1. The van der Waals surface area contributed by atoms with Gasteiger partial charge >= 0.3 is 5.97 Å². The van der Waals surface area contributed by atoms with E-state index in [0.717, 1.165) is 10.7 Å². The molecule has 5 nitrogen and oxygen atoms in total. The van der Waals surface area contributed by atoms with Crippen molar-refractivity contribution < 1.29 is 14.6 Å². The highest BCUT2D eigenvalue weighted by Crippen LogP contribution is 2.26. The van der Waals surface area contributed by atoms with Gasteiger partial charge in [0, 0.05) is 11.1 Å². The highest BCUT2D eigenvalue weighted by Gasteiger charge is 2.09. The molecule has 0 radical (unpaired) electrons. The molecule has 0 spiro atoms. The predicted molar refractivity (Wildman–Crippen MR) is 74.1 cm³/mol. The number of rotatable bonds is 5. The number of aromatic nitrogens is 1. The number of benzene rings is 1. The number of carboxylic acids is 1. The number of hydrogen-bond acceptors (Lipinski definition) is 5. The molecule has 0 aliphatic heterocycles. The average molecular weight is 278 g/mol. The molecule has 0 fully saturated rings. The number of carbonyl (C=O) groups is 1. The van der Waals surface area contributed by atoms with E-state index in [1.165, 1.54) is 6.07 Å². The lowest BCUT2D eigenvalue weighted by Gasteiger charge is -2.10. The van der Waals surface area contributed by atoms with Gasteiger partial charge < -0.3 is 15.2 Å². The molecule has 0 saturated heterocycles. The van der Waals surface area contributed by atoms with Crippen molar-refractivity contribution >= 4 is 23.0 Å². The first-order valence-electron chi connectivity index (χ1n) is 5.66. The molecule has 0 saturated carbocycles. The van der Waals surface area contributed by atoms with E-state index in [4.69, 9.17) is 9.84 Å². The van der Waals surface area contributed by atoms with Crippen molar-refractivity contribution in [2.75, 3.05) is 12.4 Å². The number of aromatic carboxylic acids is 1. The third-order valence-electron chi connectivity index (χ3n) is 2.54. The summed E-state index contributed by atoms with van der Waals surface area (Å²) in [6, 6.07) is 4.71. The van der Waals surface area contributed by atoms with Crippen LogP contribution in [0.4, 0.5) is 5.69 Å². The van der Waals surface area contributed by atoms with Crippen molar-refractivity contribution in [3.63, 3.8) is 0 Å². The van der Waals surface area contributed by atoms with E-state index in [9.17, 15) is 4.79 Å². The Morgan fingerprint density at radius 2 is 2.32 bits per heavy atom. The van der Waals surface area contributed by atoms with Crippen LogP contribution in [0.1, 0.15) is 21.1 Å². The molecule has 0 aliphatic carbocycles. The third-order valence-corrected chi connectivity index (χ3v) is 3.51. The maximum atomic E-state index is 11.0. The second kappa shape index (κ2) is 5.71. The van der Waals surface area contributed by atoms with Crippen molar-refractivity contribution in [2.24, 2.45) is 0 Å². The Morgan fingerprint density at radius 3 is 2.89 bits per heavy atom. The van der Waals surface area contributed by atoms with E-state index in [0.29, 0.717) is 18.0 Å². The number of methoxy groups -OCH3 is 1. The summed E-state index contributed by atoms with van der Waals surface area (Å²) in [4.78, 5) is 15.3. The molecule has 19 heavy (non-hydrogen) atoms. The fourth-order valence-corrected chi connectivity index (χ4v) is 2.35. The molecule has 0 bridgehead atoms. The summed E-state index contributed by atoms with van der Waals surface area (Å²) in [6.45, 7) is 2.48. The number of nitrogens with zero attached hydrogens (tertiary/aromatic N) is 1. The zero-order valence-electron chi connectivity index (χ0n) is 10.6. The SMILES string of the molecule is COc1ccc(C(=O)O)cc1NCc1nc(C)cs1. The molecule has 1 aromatic carbocycles. The van der Waals surface area contributed by atoms with Crippen molar-refractivity contribution in [1.29, 1.82) is 0 Å². The molecule has 0 atom stereocenters. The summed E-state index contributed by atoms with van der Waals surface area (Å²) in [5, 5.41) is 15.1. The Bertz CT molecular complexity index is 595. The van der Waals surface area contributed by atoms with Crippen LogP contribution in [0.3, 0.4) is 0 Å². The molecule has 0 amide bonds. The lowest BCUT2D eigenvalue weighted by atomic mass is 10.2. The standard InChI is InChI=1S/C13H14N2O3S/c1-8-7-19-12(15-8)6-14-10-5-9(13(16)17)3-4-11(10)18-2/h3-5,7,14H,6H2,1-2H3,(H,16,17). The van der Waals surface area contributed by atoms with Crippen LogP contribution in [0.15, 0.2) is 23.6 Å². The highest BCUT2D eigenvalue weighted by atomic mass is 32.1. The van der Waals surface area contributed by atoms with E-state index in [1.807, 2.05) is 12.3 Å². The van der Waals surface area contributed by atoms with Crippen LogP contribution < -0.4 is 10.1 Å². The molecule has 100 valence electrons.